The highest BCUT2D eigenvalue weighted by molar-refractivity contribution is 5.33. The van der Waals surface area contributed by atoms with Gasteiger partial charge < -0.3 is 10.1 Å². The van der Waals surface area contributed by atoms with Crippen molar-refractivity contribution in [3.8, 4) is 5.75 Å². The smallest absolute Gasteiger partial charge is 0.122 e. The molecule has 1 unspecified atom stereocenters. The average Bonchev–Trinajstić information content (AvgIpc) is 2.90. The first-order valence-electron chi connectivity index (χ1n) is 7.53. The van der Waals surface area contributed by atoms with Gasteiger partial charge in [0.2, 0.25) is 0 Å². The Kier molecular flexibility index (Phi) is 5.81. The van der Waals surface area contributed by atoms with Gasteiger partial charge >= 0.3 is 0 Å². The molecule has 2 aromatic rings. The van der Waals surface area contributed by atoms with Crippen molar-refractivity contribution in [1.29, 1.82) is 0 Å². The molecular weight excluding hydrogens is 262 g/mol. The summed E-state index contributed by atoms with van der Waals surface area (Å²) < 4.78 is 7.33. The van der Waals surface area contributed by atoms with Gasteiger partial charge in [0, 0.05) is 13.2 Å². The van der Waals surface area contributed by atoms with Crippen LogP contribution in [0.3, 0.4) is 0 Å². The lowest BCUT2D eigenvalue weighted by atomic mass is 9.93. The van der Waals surface area contributed by atoms with Crippen LogP contribution in [0.25, 0.3) is 0 Å². The number of rotatable bonds is 8. The summed E-state index contributed by atoms with van der Waals surface area (Å²) >= 11 is 0. The summed E-state index contributed by atoms with van der Waals surface area (Å²) in [5, 5.41) is 7.73. The summed E-state index contributed by atoms with van der Waals surface area (Å²) in [6.07, 6.45) is 6.09. The van der Waals surface area contributed by atoms with Gasteiger partial charge in [-0.2, -0.15) is 5.10 Å². The summed E-state index contributed by atoms with van der Waals surface area (Å²) in [6.45, 7) is 4.14. The molecule has 1 aromatic heterocycles. The summed E-state index contributed by atoms with van der Waals surface area (Å²) in [7, 11) is 3.70. The third-order valence-corrected chi connectivity index (χ3v) is 3.67. The van der Waals surface area contributed by atoms with Crippen molar-refractivity contribution in [1.82, 2.24) is 15.1 Å². The molecule has 0 aliphatic rings. The normalized spacial score (nSPS) is 12.3. The molecule has 1 aromatic carbocycles. The standard InChI is InChI=1S/C17H25N3O/c1-4-18-11-14(9-15-12-19-20(2)13-15)10-16-7-5-6-8-17(16)21-3/h5-8,12-14,18H,4,9-11H2,1-3H3. The maximum atomic E-state index is 5.47. The van der Waals surface area contributed by atoms with E-state index in [0.29, 0.717) is 5.92 Å². The van der Waals surface area contributed by atoms with Crippen LogP contribution in [0.1, 0.15) is 18.1 Å². The average molecular weight is 287 g/mol. The van der Waals surface area contributed by atoms with E-state index in [4.69, 9.17) is 4.74 Å². The highest BCUT2D eigenvalue weighted by Gasteiger charge is 2.14. The SMILES string of the molecule is CCNCC(Cc1cnn(C)c1)Cc1ccccc1OC. The molecule has 0 aliphatic carbocycles. The molecule has 1 N–H and O–H groups in total. The Labute approximate surface area is 127 Å². The molecular formula is C17H25N3O. The minimum atomic E-state index is 0.533. The molecule has 2 rings (SSSR count). The molecule has 0 saturated carbocycles. The lowest BCUT2D eigenvalue weighted by Crippen LogP contribution is -2.25. The fourth-order valence-electron chi connectivity index (χ4n) is 2.66. The molecule has 114 valence electrons. The van der Waals surface area contributed by atoms with E-state index in [9.17, 15) is 0 Å². The zero-order valence-corrected chi connectivity index (χ0v) is 13.2. The Balaban J connectivity index is 2.08. The van der Waals surface area contributed by atoms with Crippen molar-refractivity contribution >= 4 is 0 Å². The van der Waals surface area contributed by atoms with Crippen molar-refractivity contribution in [3.05, 3.63) is 47.8 Å². The van der Waals surface area contributed by atoms with Gasteiger partial charge in [-0.05, 0) is 49.0 Å². The fraction of sp³-hybridized carbons (Fsp3) is 0.471. The molecule has 1 atom stereocenters. The van der Waals surface area contributed by atoms with E-state index in [-0.39, 0.29) is 0 Å². The minimum absolute atomic E-state index is 0.533. The van der Waals surface area contributed by atoms with Gasteiger partial charge in [0.25, 0.3) is 0 Å². The van der Waals surface area contributed by atoms with Gasteiger partial charge in [-0.3, -0.25) is 4.68 Å². The van der Waals surface area contributed by atoms with Crippen molar-refractivity contribution in [2.45, 2.75) is 19.8 Å². The molecule has 4 nitrogen and oxygen atoms in total. The number of aryl methyl sites for hydroxylation is 1. The first kappa shape index (κ1) is 15.6. The second-order valence-electron chi connectivity index (χ2n) is 5.42. The lowest BCUT2D eigenvalue weighted by molar-refractivity contribution is 0.400. The predicted octanol–water partition coefficient (Wildman–Crippen LogP) is 2.44. The zero-order valence-electron chi connectivity index (χ0n) is 13.2. The minimum Gasteiger partial charge on any atom is -0.496 e. The zero-order chi connectivity index (χ0) is 15.1. The van der Waals surface area contributed by atoms with Crippen molar-refractivity contribution in [2.24, 2.45) is 13.0 Å². The third kappa shape index (κ3) is 4.60. The first-order valence-corrected chi connectivity index (χ1v) is 7.53. The number of hydrogen-bond donors (Lipinski definition) is 1. The van der Waals surface area contributed by atoms with E-state index in [0.717, 1.165) is 31.7 Å². The molecule has 0 amide bonds. The number of methoxy groups -OCH3 is 1. The number of nitrogens with one attached hydrogen (secondary N) is 1. The summed E-state index contributed by atoms with van der Waals surface area (Å²) in [5.41, 5.74) is 2.56. The molecule has 21 heavy (non-hydrogen) atoms. The van der Waals surface area contributed by atoms with Gasteiger partial charge in [-0.25, -0.2) is 0 Å². The van der Waals surface area contributed by atoms with Crippen LogP contribution in [0.15, 0.2) is 36.7 Å². The van der Waals surface area contributed by atoms with E-state index in [1.807, 2.05) is 30.1 Å². The van der Waals surface area contributed by atoms with Gasteiger partial charge in [-0.1, -0.05) is 25.1 Å². The van der Waals surface area contributed by atoms with Gasteiger partial charge in [0.1, 0.15) is 5.75 Å². The fourth-order valence-corrected chi connectivity index (χ4v) is 2.66. The molecule has 0 bridgehead atoms. The first-order chi connectivity index (χ1) is 10.2. The number of nitrogens with zero attached hydrogens (tertiary/aromatic N) is 2. The van der Waals surface area contributed by atoms with Crippen LogP contribution in [0.2, 0.25) is 0 Å². The number of hydrogen-bond acceptors (Lipinski definition) is 3. The van der Waals surface area contributed by atoms with Crippen LogP contribution in [0, 0.1) is 5.92 Å². The van der Waals surface area contributed by atoms with E-state index >= 15 is 0 Å². The largest absolute Gasteiger partial charge is 0.496 e. The second kappa shape index (κ2) is 7.84. The number of benzene rings is 1. The Bertz CT molecular complexity index is 550. The maximum Gasteiger partial charge on any atom is 0.122 e. The lowest BCUT2D eigenvalue weighted by Gasteiger charge is -2.18. The van der Waals surface area contributed by atoms with E-state index in [2.05, 4.69) is 35.7 Å². The summed E-state index contributed by atoms with van der Waals surface area (Å²) in [5.74, 6) is 1.51. The van der Waals surface area contributed by atoms with Crippen molar-refractivity contribution < 1.29 is 4.74 Å². The molecule has 4 heteroatoms. The Morgan fingerprint density at radius 1 is 1.29 bits per heavy atom. The van der Waals surface area contributed by atoms with Crippen LogP contribution < -0.4 is 10.1 Å². The van der Waals surface area contributed by atoms with Crippen LogP contribution in [0.5, 0.6) is 5.75 Å². The highest BCUT2D eigenvalue weighted by Crippen LogP contribution is 2.22. The number of ether oxygens (including phenoxy) is 1. The van der Waals surface area contributed by atoms with Crippen molar-refractivity contribution in [2.75, 3.05) is 20.2 Å². The quantitative estimate of drug-likeness (QED) is 0.810. The topological polar surface area (TPSA) is 39.1 Å². The van der Waals surface area contributed by atoms with E-state index in [1.165, 1.54) is 11.1 Å². The van der Waals surface area contributed by atoms with Gasteiger partial charge in [0.05, 0.1) is 13.3 Å². The molecule has 0 spiro atoms. The molecule has 0 saturated heterocycles. The van der Waals surface area contributed by atoms with Crippen molar-refractivity contribution in [3.63, 3.8) is 0 Å². The molecule has 1 heterocycles. The van der Waals surface area contributed by atoms with Crippen LogP contribution in [-0.4, -0.2) is 30.0 Å². The van der Waals surface area contributed by atoms with Gasteiger partial charge in [-0.15, -0.1) is 0 Å². The Morgan fingerprint density at radius 3 is 2.76 bits per heavy atom. The number of para-hydroxylation sites is 1. The van der Waals surface area contributed by atoms with Crippen LogP contribution in [-0.2, 0) is 19.9 Å². The van der Waals surface area contributed by atoms with E-state index in [1.54, 1.807) is 7.11 Å². The predicted molar refractivity (Wildman–Crippen MR) is 85.6 cm³/mol. The Hall–Kier alpha value is -1.81. The summed E-state index contributed by atoms with van der Waals surface area (Å²) in [4.78, 5) is 0. The van der Waals surface area contributed by atoms with E-state index < -0.39 is 0 Å². The van der Waals surface area contributed by atoms with Crippen LogP contribution in [0.4, 0.5) is 0 Å². The monoisotopic (exact) mass is 287 g/mol. The van der Waals surface area contributed by atoms with Gasteiger partial charge in [0.15, 0.2) is 0 Å². The van der Waals surface area contributed by atoms with Crippen LogP contribution >= 0.6 is 0 Å². The summed E-state index contributed by atoms with van der Waals surface area (Å²) in [6, 6.07) is 8.28. The Morgan fingerprint density at radius 2 is 2.10 bits per heavy atom. The molecule has 0 aliphatic heterocycles. The third-order valence-electron chi connectivity index (χ3n) is 3.67. The molecule has 0 radical (unpaired) electrons. The second-order valence-corrected chi connectivity index (χ2v) is 5.42. The number of aromatic nitrogens is 2. The molecule has 0 fully saturated rings. The maximum absolute atomic E-state index is 5.47. The highest BCUT2D eigenvalue weighted by atomic mass is 16.5.